The molecule has 0 bridgehead atoms. The topological polar surface area (TPSA) is 30.7 Å². The summed E-state index contributed by atoms with van der Waals surface area (Å²) in [5.74, 6) is 0. The second-order valence-corrected chi connectivity index (χ2v) is 5.64. The average molecular weight is 230 g/mol. The van der Waals surface area contributed by atoms with Gasteiger partial charge in [0.2, 0.25) is 0 Å². The van der Waals surface area contributed by atoms with Crippen LogP contribution < -0.4 is 0 Å². The van der Waals surface area contributed by atoms with Crippen LogP contribution in [0.5, 0.6) is 0 Å². The minimum atomic E-state index is 0.184. The molecular weight excluding hydrogens is 210 g/mol. The summed E-state index contributed by atoms with van der Waals surface area (Å²) >= 11 is 6.29. The minimum absolute atomic E-state index is 0.184. The summed E-state index contributed by atoms with van der Waals surface area (Å²) in [5.41, 5.74) is 1.24. The Morgan fingerprint density at radius 2 is 2.13 bits per heavy atom. The molecule has 0 radical (unpaired) electrons. The lowest BCUT2D eigenvalue weighted by Crippen LogP contribution is -2.20. The fraction of sp³-hybridized carbons (Fsp3) is 0.818. The van der Waals surface area contributed by atoms with E-state index in [1.807, 2.05) is 13.2 Å². The van der Waals surface area contributed by atoms with Gasteiger partial charge in [0.25, 0.3) is 0 Å². The van der Waals surface area contributed by atoms with Crippen LogP contribution in [-0.2, 0) is 13.5 Å². The Morgan fingerprint density at radius 1 is 1.47 bits per heavy atom. The molecule has 0 aromatic carbocycles. The summed E-state index contributed by atoms with van der Waals surface area (Å²) in [6, 6.07) is 0. The third-order valence-electron chi connectivity index (χ3n) is 2.48. The number of aryl methyl sites for hydroxylation is 2. The highest BCUT2D eigenvalue weighted by atomic mass is 35.5. The Labute approximate surface area is 96.8 Å². The molecule has 1 atom stereocenters. The highest BCUT2D eigenvalue weighted by Gasteiger charge is 2.21. The van der Waals surface area contributed by atoms with E-state index in [9.17, 15) is 0 Å². The molecule has 0 aliphatic rings. The van der Waals surface area contributed by atoms with Crippen molar-refractivity contribution in [3.8, 4) is 0 Å². The maximum atomic E-state index is 6.29. The SMILES string of the molecule is Cn1cc(CCCC(Cl)C(C)(C)C)nn1. The summed E-state index contributed by atoms with van der Waals surface area (Å²) in [6.07, 6.45) is 5.03. The third-order valence-corrected chi connectivity index (χ3v) is 3.35. The van der Waals surface area contributed by atoms with E-state index in [0.717, 1.165) is 25.0 Å². The van der Waals surface area contributed by atoms with Gasteiger partial charge in [-0.1, -0.05) is 26.0 Å². The van der Waals surface area contributed by atoms with E-state index in [-0.39, 0.29) is 10.8 Å². The first-order valence-electron chi connectivity index (χ1n) is 5.39. The van der Waals surface area contributed by atoms with E-state index < -0.39 is 0 Å². The van der Waals surface area contributed by atoms with Gasteiger partial charge in [-0.15, -0.1) is 16.7 Å². The summed E-state index contributed by atoms with van der Waals surface area (Å²) in [5, 5.41) is 8.17. The molecule has 0 amide bonds. The van der Waals surface area contributed by atoms with Crippen LogP contribution >= 0.6 is 11.6 Å². The van der Waals surface area contributed by atoms with Gasteiger partial charge in [0, 0.05) is 18.6 Å². The second kappa shape index (κ2) is 4.97. The Morgan fingerprint density at radius 3 is 2.60 bits per heavy atom. The van der Waals surface area contributed by atoms with E-state index in [2.05, 4.69) is 31.1 Å². The number of rotatable bonds is 4. The van der Waals surface area contributed by atoms with Crippen molar-refractivity contribution >= 4 is 11.6 Å². The highest BCUT2D eigenvalue weighted by Crippen LogP contribution is 2.28. The quantitative estimate of drug-likeness (QED) is 0.744. The predicted molar refractivity (Wildman–Crippen MR) is 63.0 cm³/mol. The Kier molecular flexibility index (Phi) is 4.14. The van der Waals surface area contributed by atoms with E-state index >= 15 is 0 Å². The first-order valence-corrected chi connectivity index (χ1v) is 5.82. The van der Waals surface area contributed by atoms with Crippen LogP contribution in [0.25, 0.3) is 0 Å². The average Bonchev–Trinajstić information content (AvgIpc) is 2.49. The minimum Gasteiger partial charge on any atom is -0.255 e. The Hall–Kier alpha value is -0.570. The standard InChI is InChI=1S/C11H20ClN3/c1-11(2,3)10(12)7-5-6-9-8-15(4)14-13-9/h8,10H,5-7H2,1-4H3. The molecule has 0 aliphatic carbocycles. The summed E-state index contributed by atoms with van der Waals surface area (Å²) < 4.78 is 1.73. The van der Waals surface area contributed by atoms with Gasteiger partial charge < -0.3 is 0 Å². The number of aromatic nitrogens is 3. The molecule has 0 N–H and O–H groups in total. The first kappa shape index (κ1) is 12.5. The molecule has 0 saturated heterocycles. The summed E-state index contributed by atoms with van der Waals surface area (Å²) in [6.45, 7) is 6.52. The van der Waals surface area contributed by atoms with Crippen LogP contribution in [0.15, 0.2) is 6.20 Å². The second-order valence-electron chi connectivity index (χ2n) is 5.11. The van der Waals surface area contributed by atoms with Crippen LogP contribution in [0.4, 0.5) is 0 Å². The van der Waals surface area contributed by atoms with Crippen molar-refractivity contribution < 1.29 is 0 Å². The molecule has 1 rings (SSSR count). The summed E-state index contributed by atoms with van der Waals surface area (Å²) in [7, 11) is 1.88. The van der Waals surface area contributed by atoms with Crippen molar-refractivity contribution in [3.63, 3.8) is 0 Å². The number of hydrogen-bond donors (Lipinski definition) is 0. The normalized spacial score (nSPS) is 14.2. The van der Waals surface area contributed by atoms with Gasteiger partial charge in [0.15, 0.2) is 0 Å². The molecule has 1 unspecified atom stereocenters. The lowest BCUT2D eigenvalue weighted by atomic mass is 9.89. The predicted octanol–water partition coefficient (Wildman–Crippen LogP) is 2.79. The third kappa shape index (κ3) is 4.20. The largest absolute Gasteiger partial charge is 0.255 e. The van der Waals surface area contributed by atoms with Gasteiger partial charge in [-0.2, -0.15) is 0 Å². The zero-order valence-electron chi connectivity index (χ0n) is 10.00. The van der Waals surface area contributed by atoms with Gasteiger partial charge in [-0.25, -0.2) is 0 Å². The fourth-order valence-corrected chi connectivity index (χ4v) is 1.56. The molecule has 0 saturated carbocycles. The van der Waals surface area contributed by atoms with Crippen molar-refractivity contribution in [3.05, 3.63) is 11.9 Å². The van der Waals surface area contributed by atoms with Gasteiger partial charge in [-0.3, -0.25) is 4.68 Å². The molecule has 3 nitrogen and oxygen atoms in total. The van der Waals surface area contributed by atoms with Crippen molar-refractivity contribution in [1.29, 1.82) is 0 Å². The van der Waals surface area contributed by atoms with Crippen LogP contribution in [0.3, 0.4) is 0 Å². The fourth-order valence-electron chi connectivity index (χ4n) is 1.41. The van der Waals surface area contributed by atoms with E-state index in [0.29, 0.717) is 0 Å². The molecule has 15 heavy (non-hydrogen) atoms. The monoisotopic (exact) mass is 229 g/mol. The highest BCUT2D eigenvalue weighted by molar-refractivity contribution is 6.21. The Bertz CT molecular complexity index is 301. The van der Waals surface area contributed by atoms with Crippen LogP contribution in [-0.4, -0.2) is 20.4 Å². The van der Waals surface area contributed by atoms with E-state index in [4.69, 9.17) is 11.6 Å². The van der Waals surface area contributed by atoms with E-state index in [1.54, 1.807) is 4.68 Å². The zero-order valence-corrected chi connectivity index (χ0v) is 10.8. The van der Waals surface area contributed by atoms with Crippen LogP contribution in [0, 0.1) is 5.41 Å². The maximum absolute atomic E-state index is 6.29. The van der Waals surface area contributed by atoms with E-state index in [1.165, 1.54) is 0 Å². The van der Waals surface area contributed by atoms with Crippen LogP contribution in [0.2, 0.25) is 0 Å². The lowest BCUT2D eigenvalue weighted by Gasteiger charge is -2.24. The van der Waals surface area contributed by atoms with Gasteiger partial charge in [-0.05, 0) is 24.7 Å². The molecule has 0 spiro atoms. The lowest BCUT2D eigenvalue weighted by molar-refractivity contribution is 0.368. The molecular formula is C11H20ClN3. The molecule has 0 fully saturated rings. The smallest absolute Gasteiger partial charge is 0.0827 e. The Balaban J connectivity index is 2.28. The van der Waals surface area contributed by atoms with Crippen molar-refractivity contribution in [2.24, 2.45) is 12.5 Å². The molecule has 1 heterocycles. The zero-order chi connectivity index (χ0) is 11.5. The molecule has 4 heteroatoms. The summed E-state index contributed by atoms with van der Waals surface area (Å²) in [4.78, 5) is 0. The van der Waals surface area contributed by atoms with Gasteiger partial charge in [0.1, 0.15) is 0 Å². The van der Waals surface area contributed by atoms with Gasteiger partial charge in [0.05, 0.1) is 5.69 Å². The maximum Gasteiger partial charge on any atom is 0.0827 e. The number of halogens is 1. The number of hydrogen-bond acceptors (Lipinski definition) is 2. The molecule has 0 aliphatic heterocycles. The molecule has 1 aromatic heterocycles. The van der Waals surface area contributed by atoms with Crippen molar-refractivity contribution in [2.45, 2.75) is 45.4 Å². The number of nitrogens with zero attached hydrogens (tertiary/aromatic N) is 3. The van der Waals surface area contributed by atoms with Crippen LogP contribution in [0.1, 0.15) is 39.3 Å². The molecule has 1 aromatic rings. The molecule has 86 valence electrons. The van der Waals surface area contributed by atoms with Gasteiger partial charge >= 0.3 is 0 Å². The van der Waals surface area contributed by atoms with Crippen molar-refractivity contribution in [2.75, 3.05) is 0 Å². The number of alkyl halides is 1. The van der Waals surface area contributed by atoms with Crippen molar-refractivity contribution in [1.82, 2.24) is 15.0 Å². The first-order chi connectivity index (χ1) is 6.89.